The van der Waals surface area contributed by atoms with E-state index >= 15 is 0 Å². The second kappa shape index (κ2) is 9.69. The van der Waals surface area contributed by atoms with Crippen LogP contribution >= 0.6 is 0 Å². The van der Waals surface area contributed by atoms with Gasteiger partial charge in [0.15, 0.2) is 0 Å². The first kappa shape index (κ1) is 21.0. The molecule has 1 aromatic carbocycles. The fourth-order valence-electron chi connectivity index (χ4n) is 3.55. The van der Waals surface area contributed by atoms with Crippen molar-refractivity contribution in [2.24, 2.45) is 5.92 Å². The Morgan fingerprint density at radius 1 is 1.21 bits per heavy atom. The fourth-order valence-corrected chi connectivity index (χ4v) is 3.55. The Hall–Kier alpha value is -2.67. The molecule has 1 fully saturated rings. The summed E-state index contributed by atoms with van der Waals surface area (Å²) in [5.41, 5.74) is 1.76. The number of hydrogen-bond donors (Lipinski definition) is 2. The number of ether oxygens (including phenoxy) is 1. The summed E-state index contributed by atoms with van der Waals surface area (Å²) in [7, 11) is 3.50. The molecule has 1 aliphatic heterocycles. The van der Waals surface area contributed by atoms with Gasteiger partial charge >= 0.3 is 0 Å². The van der Waals surface area contributed by atoms with E-state index < -0.39 is 0 Å². The number of hydrogen-bond acceptors (Lipinski definition) is 6. The third kappa shape index (κ3) is 5.67. The molecule has 2 heterocycles. The van der Waals surface area contributed by atoms with Gasteiger partial charge in [0.2, 0.25) is 0 Å². The van der Waals surface area contributed by atoms with Crippen molar-refractivity contribution in [3.63, 3.8) is 0 Å². The highest BCUT2D eigenvalue weighted by Crippen LogP contribution is 2.24. The van der Waals surface area contributed by atoms with Crippen LogP contribution in [-0.2, 0) is 11.3 Å². The Morgan fingerprint density at radius 3 is 2.62 bits per heavy atom. The molecule has 0 radical (unpaired) electrons. The maximum Gasteiger partial charge on any atom is 0.253 e. The number of nitrogens with zero attached hydrogens (tertiary/aromatic N) is 3. The summed E-state index contributed by atoms with van der Waals surface area (Å²) in [6.45, 7) is 5.83. The molecule has 2 aromatic rings. The van der Waals surface area contributed by atoms with Gasteiger partial charge in [-0.1, -0.05) is 26.0 Å². The van der Waals surface area contributed by atoms with Crippen molar-refractivity contribution in [1.82, 2.24) is 14.9 Å². The highest BCUT2D eigenvalue weighted by atomic mass is 16.5. The molecule has 0 spiro atoms. The van der Waals surface area contributed by atoms with Crippen LogP contribution in [0.4, 0.5) is 11.6 Å². The molecular formula is C22H31N5O2. The van der Waals surface area contributed by atoms with Gasteiger partial charge in [-0.2, -0.15) is 0 Å². The number of nitrogens with one attached hydrogen (secondary N) is 2. The standard InChI is InChI=1S/C22H31N5O2/c1-15(2)21-18(6-5-11-29-21)26-20-12-19(24-14-25-20)23-13-16-7-9-17(10-8-16)22(28)27(3)4/h7-10,12,14-15,18,21H,5-6,11,13H2,1-4H3,(H2,23,24,25,26)/t18-,21+/m0/s1. The first-order valence-corrected chi connectivity index (χ1v) is 10.2. The summed E-state index contributed by atoms with van der Waals surface area (Å²) in [5, 5.41) is 6.85. The molecule has 1 aliphatic rings. The van der Waals surface area contributed by atoms with Crippen molar-refractivity contribution in [2.75, 3.05) is 31.3 Å². The maximum atomic E-state index is 12.0. The van der Waals surface area contributed by atoms with Gasteiger partial charge in [-0.15, -0.1) is 0 Å². The number of rotatable bonds is 7. The van der Waals surface area contributed by atoms with Crippen LogP contribution in [0.1, 0.15) is 42.6 Å². The Bertz CT molecular complexity index is 807. The van der Waals surface area contributed by atoms with Crippen LogP contribution in [0.2, 0.25) is 0 Å². The highest BCUT2D eigenvalue weighted by molar-refractivity contribution is 5.93. The zero-order valence-corrected chi connectivity index (χ0v) is 17.7. The lowest BCUT2D eigenvalue weighted by atomic mass is 9.94. The van der Waals surface area contributed by atoms with E-state index in [1.165, 1.54) is 0 Å². The van der Waals surface area contributed by atoms with Gasteiger partial charge < -0.3 is 20.3 Å². The quantitative estimate of drug-likeness (QED) is 0.745. The van der Waals surface area contributed by atoms with E-state index in [0.29, 0.717) is 18.0 Å². The lowest BCUT2D eigenvalue weighted by Crippen LogP contribution is -2.43. The molecule has 0 saturated carbocycles. The van der Waals surface area contributed by atoms with Gasteiger partial charge in [-0.3, -0.25) is 4.79 Å². The van der Waals surface area contributed by atoms with Crippen LogP contribution in [0.15, 0.2) is 36.7 Å². The van der Waals surface area contributed by atoms with Gasteiger partial charge in [-0.05, 0) is 36.5 Å². The zero-order valence-electron chi connectivity index (χ0n) is 17.7. The van der Waals surface area contributed by atoms with Crippen molar-refractivity contribution in [3.05, 3.63) is 47.8 Å². The third-order valence-electron chi connectivity index (χ3n) is 5.10. The van der Waals surface area contributed by atoms with Gasteiger partial charge in [0.25, 0.3) is 5.91 Å². The minimum atomic E-state index is 0.00224. The molecule has 156 valence electrons. The van der Waals surface area contributed by atoms with E-state index in [0.717, 1.165) is 36.6 Å². The van der Waals surface area contributed by atoms with Crippen LogP contribution in [0.25, 0.3) is 0 Å². The molecule has 1 aromatic heterocycles. The number of carbonyl (C=O) groups excluding carboxylic acids is 1. The summed E-state index contributed by atoms with van der Waals surface area (Å²) < 4.78 is 5.95. The van der Waals surface area contributed by atoms with E-state index in [1.54, 1.807) is 25.3 Å². The average Bonchev–Trinajstić information content (AvgIpc) is 2.72. The Kier molecular flexibility index (Phi) is 7.04. The Labute approximate surface area is 172 Å². The van der Waals surface area contributed by atoms with E-state index in [-0.39, 0.29) is 18.1 Å². The zero-order chi connectivity index (χ0) is 20.8. The molecular weight excluding hydrogens is 366 g/mol. The van der Waals surface area contributed by atoms with Gasteiger partial charge in [0, 0.05) is 38.9 Å². The molecule has 1 amide bonds. The van der Waals surface area contributed by atoms with E-state index in [1.807, 2.05) is 30.3 Å². The number of amides is 1. The largest absolute Gasteiger partial charge is 0.376 e. The molecule has 2 atom stereocenters. The topological polar surface area (TPSA) is 79.4 Å². The molecule has 0 bridgehead atoms. The van der Waals surface area contributed by atoms with Crippen molar-refractivity contribution >= 4 is 17.5 Å². The van der Waals surface area contributed by atoms with E-state index in [2.05, 4.69) is 34.4 Å². The molecule has 7 nitrogen and oxygen atoms in total. The Morgan fingerprint density at radius 2 is 1.93 bits per heavy atom. The predicted molar refractivity (Wildman–Crippen MR) is 115 cm³/mol. The Balaban J connectivity index is 1.59. The van der Waals surface area contributed by atoms with Crippen molar-refractivity contribution in [1.29, 1.82) is 0 Å². The van der Waals surface area contributed by atoms with Crippen molar-refractivity contribution in [3.8, 4) is 0 Å². The molecule has 7 heteroatoms. The lowest BCUT2D eigenvalue weighted by Gasteiger charge is -2.35. The van der Waals surface area contributed by atoms with E-state index in [9.17, 15) is 4.79 Å². The van der Waals surface area contributed by atoms with Crippen molar-refractivity contribution < 1.29 is 9.53 Å². The van der Waals surface area contributed by atoms with Crippen LogP contribution in [0, 0.1) is 5.92 Å². The van der Waals surface area contributed by atoms with Crippen LogP contribution in [-0.4, -0.2) is 53.6 Å². The summed E-state index contributed by atoms with van der Waals surface area (Å²) in [6, 6.07) is 9.79. The molecule has 3 rings (SSSR count). The third-order valence-corrected chi connectivity index (χ3v) is 5.10. The van der Waals surface area contributed by atoms with Crippen LogP contribution in [0.3, 0.4) is 0 Å². The first-order chi connectivity index (χ1) is 13.9. The smallest absolute Gasteiger partial charge is 0.253 e. The van der Waals surface area contributed by atoms with Gasteiger partial charge in [-0.25, -0.2) is 9.97 Å². The molecule has 0 unspecified atom stereocenters. The normalized spacial score (nSPS) is 19.1. The predicted octanol–water partition coefficient (Wildman–Crippen LogP) is 3.41. The monoisotopic (exact) mass is 397 g/mol. The summed E-state index contributed by atoms with van der Waals surface area (Å²) in [6.07, 6.45) is 3.90. The summed E-state index contributed by atoms with van der Waals surface area (Å²) >= 11 is 0. The SMILES string of the molecule is CC(C)[C@H]1OCCC[C@@H]1Nc1cc(NCc2ccc(C(=O)N(C)C)cc2)ncn1. The lowest BCUT2D eigenvalue weighted by molar-refractivity contribution is -0.0203. The first-order valence-electron chi connectivity index (χ1n) is 10.2. The molecule has 29 heavy (non-hydrogen) atoms. The van der Waals surface area contributed by atoms with Gasteiger partial charge in [0.1, 0.15) is 18.0 Å². The van der Waals surface area contributed by atoms with Gasteiger partial charge in [0.05, 0.1) is 12.1 Å². The van der Waals surface area contributed by atoms with Crippen LogP contribution in [0.5, 0.6) is 0 Å². The van der Waals surface area contributed by atoms with E-state index in [4.69, 9.17) is 4.74 Å². The highest BCUT2D eigenvalue weighted by Gasteiger charge is 2.28. The van der Waals surface area contributed by atoms with Crippen molar-refractivity contribution in [2.45, 2.75) is 45.4 Å². The minimum absolute atomic E-state index is 0.00224. The molecule has 0 aliphatic carbocycles. The average molecular weight is 398 g/mol. The number of benzene rings is 1. The molecule has 1 saturated heterocycles. The second-order valence-corrected chi connectivity index (χ2v) is 8.01. The summed E-state index contributed by atoms with van der Waals surface area (Å²) in [4.78, 5) is 22.2. The summed E-state index contributed by atoms with van der Waals surface area (Å²) in [5.74, 6) is 2.02. The minimum Gasteiger partial charge on any atom is -0.376 e. The number of anilines is 2. The molecule has 2 N–H and O–H groups in total. The maximum absolute atomic E-state index is 12.0. The number of aromatic nitrogens is 2. The number of carbonyl (C=O) groups is 1. The fraction of sp³-hybridized carbons (Fsp3) is 0.500. The van der Waals surface area contributed by atoms with Crippen LogP contribution < -0.4 is 10.6 Å². The second-order valence-electron chi connectivity index (χ2n) is 8.01.